The van der Waals surface area contributed by atoms with E-state index in [1.807, 2.05) is 10.8 Å². The van der Waals surface area contributed by atoms with Crippen LogP contribution in [-0.2, 0) is 5.54 Å². The van der Waals surface area contributed by atoms with Crippen molar-refractivity contribution in [2.24, 2.45) is 0 Å². The van der Waals surface area contributed by atoms with E-state index in [1.165, 1.54) is 6.33 Å². The quantitative estimate of drug-likeness (QED) is 0.593. The molecule has 2 aromatic rings. The molecule has 82 valence electrons. The van der Waals surface area contributed by atoms with Gasteiger partial charge in [0.2, 0.25) is 0 Å². The van der Waals surface area contributed by atoms with Crippen molar-refractivity contribution < 1.29 is 4.79 Å². The number of fused-ring (bicyclic) bond motifs is 1. The molecular weight excluding hydrogens is 226 g/mol. The standard InChI is InChI=1S/C11H10ClN3O/c1-11(2-3-11)15-4-7(5-16)8-9(12)13-6-14-10(8)15/h4-6H,2-3H2,1H3. The van der Waals surface area contributed by atoms with Gasteiger partial charge in [-0.2, -0.15) is 0 Å². The fraction of sp³-hybridized carbons (Fsp3) is 0.364. The lowest BCUT2D eigenvalue weighted by atomic mass is 10.3. The van der Waals surface area contributed by atoms with Gasteiger partial charge in [0, 0.05) is 17.3 Å². The van der Waals surface area contributed by atoms with Crippen LogP contribution in [0.2, 0.25) is 5.15 Å². The first-order chi connectivity index (χ1) is 7.65. The highest BCUT2D eigenvalue weighted by Crippen LogP contribution is 2.45. The number of aldehydes is 1. The molecule has 0 bridgehead atoms. The van der Waals surface area contributed by atoms with Crippen molar-refractivity contribution >= 4 is 28.9 Å². The van der Waals surface area contributed by atoms with E-state index in [-0.39, 0.29) is 5.54 Å². The van der Waals surface area contributed by atoms with Gasteiger partial charge in [0.15, 0.2) is 6.29 Å². The van der Waals surface area contributed by atoms with Crippen molar-refractivity contribution in [3.05, 3.63) is 23.2 Å². The number of rotatable bonds is 2. The summed E-state index contributed by atoms with van der Waals surface area (Å²) >= 11 is 6.00. The Morgan fingerprint density at radius 3 is 2.88 bits per heavy atom. The van der Waals surface area contributed by atoms with Crippen molar-refractivity contribution in [3.8, 4) is 0 Å². The summed E-state index contributed by atoms with van der Waals surface area (Å²) in [7, 11) is 0. The molecule has 1 fully saturated rings. The minimum Gasteiger partial charge on any atom is -0.326 e. The number of carbonyl (C=O) groups is 1. The van der Waals surface area contributed by atoms with Crippen LogP contribution >= 0.6 is 11.6 Å². The minimum absolute atomic E-state index is 0.0944. The van der Waals surface area contributed by atoms with Crippen LogP contribution in [0.15, 0.2) is 12.5 Å². The molecule has 0 saturated heterocycles. The fourth-order valence-electron chi connectivity index (χ4n) is 1.97. The second-order valence-electron chi connectivity index (χ2n) is 4.43. The number of hydrogen-bond donors (Lipinski definition) is 0. The third-order valence-electron chi connectivity index (χ3n) is 3.25. The number of hydrogen-bond acceptors (Lipinski definition) is 3. The van der Waals surface area contributed by atoms with Gasteiger partial charge < -0.3 is 4.57 Å². The molecule has 0 aliphatic heterocycles. The van der Waals surface area contributed by atoms with Crippen LogP contribution in [-0.4, -0.2) is 20.8 Å². The lowest BCUT2D eigenvalue weighted by molar-refractivity contribution is 0.112. The monoisotopic (exact) mass is 235 g/mol. The second kappa shape index (κ2) is 3.04. The van der Waals surface area contributed by atoms with Crippen LogP contribution in [0.3, 0.4) is 0 Å². The summed E-state index contributed by atoms with van der Waals surface area (Å²) in [6.45, 7) is 2.15. The van der Waals surface area contributed by atoms with Gasteiger partial charge in [-0.25, -0.2) is 9.97 Å². The van der Waals surface area contributed by atoms with Crippen molar-refractivity contribution in [3.63, 3.8) is 0 Å². The first kappa shape index (κ1) is 9.78. The molecule has 0 spiro atoms. The molecule has 0 aromatic carbocycles. The molecule has 0 N–H and O–H groups in total. The Hall–Kier alpha value is -1.42. The molecule has 5 heteroatoms. The topological polar surface area (TPSA) is 47.8 Å². The molecular formula is C11H10ClN3O. The first-order valence-electron chi connectivity index (χ1n) is 5.13. The third-order valence-corrected chi connectivity index (χ3v) is 3.53. The average Bonchev–Trinajstić information content (AvgIpc) is 2.90. The van der Waals surface area contributed by atoms with Crippen LogP contribution < -0.4 is 0 Å². The number of nitrogens with zero attached hydrogens (tertiary/aromatic N) is 3. The Balaban J connectivity index is 2.39. The maximum atomic E-state index is 11.0. The predicted octanol–water partition coefficient (Wildman–Crippen LogP) is 2.41. The predicted molar refractivity (Wildman–Crippen MR) is 60.8 cm³/mol. The van der Waals surface area contributed by atoms with Crippen molar-refractivity contribution in [2.45, 2.75) is 25.3 Å². The zero-order valence-electron chi connectivity index (χ0n) is 8.77. The van der Waals surface area contributed by atoms with Crippen LogP contribution in [0, 0.1) is 0 Å². The highest BCUT2D eigenvalue weighted by molar-refractivity contribution is 6.35. The molecule has 1 aliphatic rings. The molecule has 0 atom stereocenters. The summed E-state index contributed by atoms with van der Waals surface area (Å²) in [5.74, 6) is 0. The van der Waals surface area contributed by atoms with Crippen LogP contribution in [0.4, 0.5) is 0 Å². The van der Waals surface area contributed by atoms with Gasteiger partial charge in [0.1, 0.15) is 17.1 Å². The van der Waals surface area contributed by atoms with E-state index in [4.69, 9.17) is 11.6 Å². The van der Waals surface area contributed by atoms with Crippen LogP contribution in [0.1, 0.15) is 30.1 Å². The van der Waals surface area contributed by atoms with E-state index in [9.17, 15) is 4.79 Å². The summed E-state index contributed by atoms with van der Waals surface area (Å²) in [6.07, 6.45) is 6.28. The molecule has 0 amide bonds. The van der Waals surface area contributed by atoms with Crippen LogP contribution in [0.5, 0.6) is 0 Å². The maximum Gasteiger partial charge on any atom is 0.152 e. The normalized spacial score (nSPS) is 17.6. The van der Waals surface area contributed by atoms with Gasteiger partial charge in [-0.1, -0.05) is 11.6 Å². The molecule has 2 aromatic heterocycles. The van der Waals surface area contributed by atoms with E-state index in [0.717, 1.165) is 24.8 Å². The second-order valence-corrected chi connectivity index (χ2v) is 4.79. The Morgan fingerprint density at radius 1 is 1.50 bits per heavy atom. The Morgan fingerprint density at radius 2 is 2.25 bits per heavy atom. The highest BCUT2D eigenvalue weighted by Gasteiger charge is 2.40. The Bertz CT molecular complexity index is 586. The van der Waals surface area contributed by atoms with E-state index in [2.05, 4.69) is 16.9 Å². The zero-order valence-corrected chi connectivity index (χ0v) is 9.53. The molecule has 3 rings (SSSR count). The molecule has 2 heterocycles. The molecule has 0 radical (unpaired) electrons. The van der Waals surface area contributed by atoms with E-state index in [0.29, 0.717) is 16.1 Å². The highest BCUT2D eigenvalue weighted by atomic mass is 35.5. The average molecular weight is 236 g/mol. The Kier molecular flexibility index (Phi) is 1.86. The van der Waals surface area contributed by atoms with Gasteiger partial charge >= 0.3 is 0 Å². The summed E-state index contributed by atoms with van der Waals surface area (Å²) in [5.41, 5.74) is 1.41. The number of halogens is 1. The molecule has 0 unspecified atom stereocenters. The number of carbonyl (C=O) groups excluding carboxylic acids is 1. The number of aromatic nitrogens is 3. The SMILES string of the molecule is CC1(n2cc(C=O)c3c(Cl)ncnc32)CC1. The van der Waals surface area contributed by atoms with Gasteiger partial charge in [0.25, 0.3) is 0 Å². The van der Waals surface area contributed by atoms with E-state index >= 15 is 0 Å². The Labute approximate surface area is 97.3 Å². The zero-order chi connectivity index (χ0) is 11.3. The maximum absolute atomic E-state index is 11.0. The van der Waals surface area contributed by atoms with Gasteiger partial charge in [-0.15, -0.1) is 0 Å². The lowest BCUT2D eigenvalue weighted by Gasteiger charge is -2.11. The van der Waals surface area contributed by atoms with E-state index in [1.54, 1.807) is 0 Å². The van der Waals surface area contributed by atoms with E-state index < -0.39 is 0 Å². The first-order valence-corrected chi connectivity index (χ1v) is 5.51. The van der Waals surface area contributed by atoms with Crippen molar-refractivity contribution in [2.75, 3.05) is 0 Å². The lowest BCUT2D eigenvalue weighted by Crippen LogP contribution is -2.11. The van der Waals surface area contributed by atoms with Gasteiger partial charge in [-0.3, -0.25) is 4.79 Å². The van der Waals surface area contributed by atoms with Crippen molar-refractivity contribution in [1.82, 2.24) is 14.5 Å². The summed E-state index contributed by atoms with van der Waals surface area (Å²) in [6, 6.07) is 0. The smallest absolute Gasteiger partial charge is 0.152 e. The largest absolute Gasteiger partial charge is 0.326 e. The summed E-state index contributed by atoms with van der Waals surface area (Å²) in [5, 5.41) is 1.00. The van der Waals surface area contributed by atoms with Gasteiger partial charge in [-0.05, 0) is 19.8 Å². The summed E-state index contributed by atoms with van der Waals surface area (Å²) in [4.78, 5) is 19.1. The molecule has 16 heavy (non-hydrogen) atoms. The molecule has 1 saturated carbocycles. The third kappa shape index (κ3) is 1.19. The fourth-order valence-corrected chi connectivity index (χ4v) is 2.21. The molecule has 4 nitrogen and oxygen atoms in total. The van der Waals surface area contributed by atoms with Gasteiger partial charge in [0.05, 0.1) is 5.39 Å². The van der Waals surface area contributed by atoms with Crippen LogP contribution in [0.25, 0.3) is 11.0 Å². The minimum atomic E-state index is 0.0944. The van der Waals surface area contributed by atoms with Crippen molar-refractivity contribution in [1.29, 1.82) is 0 Å². The molecule has 1 aliphatic carbocycles. The summed E-state index contributed by atoms with van der Waals surface area (Å²) < 4.78 is 2.04.